The molecule has 1 unspecified atom stereocenters. The van der Waals surface area contributed by atoms with Gasteiger partial charge in [-0.25, -0.2) is 8.78 Å². The van der Waals surface area contributed by atoms with Crippen molar-refractivity contribution in [3.63, 3.8) is 0 Å². The van der Waals surface area contributed by atoms with Gasteiger partial charge in [0.15, 0.2) is 5.75 Å². The van der Waals surface area contributed by atoms with Crippen LogP contribution in [0.1, 0.15) is 6.42 Å². The molecule has 0 bridgehead atoms. The van der Waals surface area contributed by atoms with E-state index < -0.39 is 41.5 Å². The van der Waals surface area contributed by atoms with Crippen LogP contribution in [0.3, 0.4) is 0 Å². The summed E-state index contributed by atoms with van der Waals surface area (Å²) < 4.78 is 68.2. The highest BCUT2D eigenvalue weighted by atomic mass is 19.4. The Morgan fingerprint density at radius 3 is 2.54 bits per heavy atom. The minimum Gasteiger partial charge on any atom is -0.404 e. The molecule has 1 fully saturated rings. The molecule has 28 heavy (non-hydrogen) atoms. The summed E-state index contributed by atoms with van der Waals surface area (Å²) in [4.78, 5) is 25.6. The van der Waals surface area contributed by atoms with Gasteiger partial charge in [0.25, 0.3) is 0 Å². The van der Waals surface area contributed by atoms with Crippen molar-refractivity contribution in [2.75, 3.05) is 16.8 Å². The Morgan fingerprint density at radius 1 is 1.14 bits per heavy atom. The van der Waals surface area contributed by atoms with Crippen LogP contribution in [0.15, 0.2) is 42.5 Å². The number of halogens is 5. The van der Waals surface area contributed by atoms with Crippen molar-refractivity contribution in [2.45, 2.75) is 12.8 Å². The van der Waals surface area contributed by atoms with Gasteiger partial charge < -0.3 is 15.0 Å². The Bertz CT molecular complexity index is 916. The van der Waals surface area contributed by atoms with Crippen molar-refractivity contribution in [3.05, 3.63) is 54.1 Å². The first-order valence-corrected chi connectivity index (χ1v) is 8.05. The molecule has 1 saturated heterocycles. The molecule has 1 atom stereocenters. The van der Waals surface area contributed by atoms with Gasteiger partial charge in [-0.2, -0.15) is 0 Å². The third-order valence-corrected chi connectivity index (χ3v) is 4.07. The molecule has 0 aliphatic carbocycles. The van der Waals surface area contributed by atoms with Crippen LogP contribution in [0.2, 0.25) is 0 Å². The summed E-state index contributed by atoms with van der Waals surface area (Å²) in [7, 11) is 0. The van der Waals surface area contributed by atoms with E-state index in [4.69, 9.17) is 0 Å². The van der Waals surface area contributed by atoms with E-state index in [1.165, 1.54) is 18.2 Å². The summed E-state index contributed by atoms with van der Waals surface area (Å²) in [6.07, 6.45) is -5.22. The standard InChI is InChI=1S/C18H13F5N2O3/c19-11-5-6-14(12(20)8-11)25-9-10(7-16(25)26)17(27)24-13-3-1-2-4-15(13)28-18(21,22)23/h1-6,8,10H,7,9H2,(H,24,27). The number of carbonyl (C=O) groups excluding carboxylic acids is 2. The molecule has 1 N–H and O–H groups in total. The molecule has 3 rings (SSSR count). The highest BCUT2D eigenvalue weighted by molar-refractivity contribution is 6.04. The van der Waals surface area contributed by atoms with Crippen molar-refractivity contribution in [1.82, 2.24) is 0 Å². The minimum atomic E-state index is -4.94. The summed E-state index contributed by atoms with van der Waals surface area (Å²) >= 11 is 0. The summed E-state index contributed by atoms with van der Waals surface area (Å²) in [5, 5.41) is 2.29. The van der Waals surface area contributed by atoms with Gasteiger partial charge in [-0.15, -0.1) is 13.2 Å². The van der Waals surface area contributed by atoms with E-state index in [1.807, 2.05) is 0 Å². The fraction of sp³-hybridized carbons (Fsp3) is 0.222. The third kappa shape index (κ3) is 4.38. The first-order chi connectivity index (χ1) is 13.1. The van der Waals surface area contributed by atoms with Crippen molar-refractivity contribution in [2.24, 2.45) is 5.92 Å². The number of ether oxygens (including phenoxy) is 1. The van der Waals surface area contributed by atoms with Crippen LogP contribution in [-0.2, 0) is 9.59 Å². The molecule has 2 aromatic carbocycles. The van der Waals surface area contributed by atoms with Gasteiger partial charge in [0.1, 0.15) is 11.6 Å². The van der Waals surface area contributed by atoms with Gasteiger partial charge in [0.2, 0.25) is 11.8 Å². The number of amides is 2. The van der Waals surface area contributed by atoms with E-state index in [2.05, 4.69) is 10.1 Å². The number of nitrogens with one attached hydrogen (secondary N) is 1. The molecule has 0 saturated carbocycles. The minimum absolute atomic E-state index is 0.178. The van der Waals surface area contributed by atoms with Gasteiger partial charge in [0, 0.05) is 19.0 Å². The summed E-state index contributed by atoms with van der Waals surface area (Å²) in [6, 6.07) is 7.61. The summed E-state index contributed by atoms with van der Waals surface area (Å²) in [5.74, 6) is -4.60. The summed E-state index contributed by atoms with van der Waals surface area (Å²) in [5.41, 5.74) is -0.397. The lowest BCUT2D eigenvalue weighted by molar-refractivity contribution is -0.274. The number of anilines is 2. The molecule has 148 valence electrons. The number of carbonyl (C=O) groups is 2. The molecule has 5 nitrogen and oxygen atoms in total. The second kappa shape index (κ2) is 7.45. The van der Waals surface area contributed by atoms with Gasteiger partial charge in [0.05, 0.1) is 17.3 Å². The second-order valence-corrected chi connectivity index (χ2v) is 6.03. The average Bonchev–Trinajstić information content (AvgIpc) is 2.97. The Labute approximate surface area is 155 Å². The maximum absolute atomic E-state index is 13.9. The zero-order chi connectivity index (χ0) is 20.5. The molecule has 2 aromatic rings. The lowest BCUT2D eigenvalue weighted by atomic mass is 10.1. The van der Waals surface area contributed by atoms with Crippen LogP contribution in [0.25, 0.3) is 0 Å². The Morgan fingerprint density at radius 2 is 1.86 bits per heavy atom. The van der Waals surface area contributed by atoms with Gasteiger partial charge in [-0.1, -0.05) is 12.1 Å². The van der Waals surface area contributed by atoms with Crippen molar-refractivity contribution >= 4 is 23.2 Å². The highest BCUT2D eigenvalue weighted by Gasteiger charge is 2.37. The van der Waals surface area contributed by atoms with Crippen molar-refractivity contribution in [3.8, 4) is 5.75 Å². The van der Waals surface area contributed by atoms with Gasteiger partial charge in [-0.05, 0) is 24.3 Å². The molecule has 0 radical (unpaired) electrons. The Kier molecular flexibility index (Phi) is 5.21. The largest absolute Gasteiger partial charge is 0.573 e. The van der Waals surface area contributed by atoms with Crippen LogP contribution >= 0.6 is 0 Å². The first kappa shape index (κ1) is 19.6. The van der Waals surface area contributed by atoms with Gasteiger partial charge in [-0.3, -0.25) is 9.59 Å². The molecule has 0 spiro atoms. The lowest BCUT2D eigenvalue weighted by Crippen LogP contribution is -2.29. The molecule has 1 aliphatic heterocycles. The van der Waals surface area contributed by atoms with E-state index in [-0.39, 0.29) is 24.3 Å². The molecule has 0 aromatic heterocycles. The SMILES string of the molecule is O=C(Nc1ccccc1OC(F)(F)F)C1CC(=O)N(c2ccc(F)cc2F)C1. The number of hydrogen-bond acceptors (Lipinski definition) is 3. The van der Waals surface area contributed by atoms with Crippen LogP contribution < -0.4 is 15.0 Å². The van der Waals surface area contributed by atoms with Crippen molar-refractivity contribution < 1.29 is 36.3 Å². The first-order valence-electron chi connectivity index (χ1n) is 8.05. The van der Waals surface area contributed by atoms with Crippen LogP contribution in [-0.4, -0.2) is 24.7 Å². The topological polar surface area (TPSA) is 58.6 Å². The number of para-hydroxylation sites is 2. The number of hydrogen-bond donors (Lipinski definition) is 1. The molecule has 10 heteroatoms. The van der Waals surface area contributed by atoms with Gasteiger partial charge >= 0.3 is 6.36 Å². The van der Waals surface area contributed by atoms with Crippen LogP contribution in [0.5, 0.6) is 5.75 Å². The Balaban J connectivity index is 1.74. The van der Waals surface area contributed by atoms with E-state index in [0.29, 0.717) is 6.07 Å². The smallest absolute Gasteiger partial charge is 0.404 e. The predicted molar refractivity (Wildman–Crippen MR) is 88.6 cm³/mol. The molecule has 1 aliphatic rings. The van der Waals surface area contributed by atoms with Crippen LogP contribution in [0, 0.1) is 17.6 Å². The van der Waals surface area contributed by atoms with Crippen LogP contribution in [0.4, 0.5) is 33.3 Å². The van der Waals surface area contributed by atoms with Crippen molar-refractivity contribution in [1.29, 1.82) is 0 Å². The fourth-order valence-electron chi connectivity index (χ4n) is 2.83. The van der Waals surface area contributed by atoms with E-state index in [9.17, 15) is 31.5 Å². The quantitative estimate of drug-likeness (QED) is 0.794. The number of rotatable bonds is 4. The second-order valence-electron chi connectivity index (χ2n) is 6.03. The van der Waals surface area contributed by atoms with E-state index in [0.717, 1.165) is 23.1 Å². The fourth-order valence-corrected chi connectivity index (χ4v) is 2.83. The lowest BCUT2D eigenvalue weighted by Gasteiger charge is -2.18. The third-order valence-electron chi connectivity index (χ3n) is 4.07. The molecule has 2 amide bonds. The molecular weight excluding hydrogens is 387 g/mol. The molecular formula is C18H13F5N2O3. The maximum Gasteiger partial charge on any atom is 0.573 e. The number of benzene rings is 2. The normalized spacial score (nSPS) is 17.0. The summed E-state index contributed by atoms with van der Waals surface area (Å²) in [6.45, 7) is -0.199. The molecule has 1 heterocycles. The average molecular weight is 400 g/mol. The monoisotopic (exact) mass is 400 g/mol. The predicted octanol–water partition coefficient (Wildman–Crippen LogP) is 3.86. The number of alkyl halides is 3. The zero-order valence-corrected chi connectivity index (χ0v) is 14.1. The highest BCUT2D eigenvalue weighted by Crippen LogP contribution is 2.32. The zero-order valence-electron chi connectivity index (χ0n) is 14.1. The number of nitrogens with zero attached hydrogens (tertiary/aromatic N) is 1. The van der Waals surface area contributed by atoms with E-state index in [1.54, 1.807) is 0 Å². The Hall–Kier alpha value is -3.17. The van der Waals surface area contributed by atoms with E-state index >= 15 is 0 Å². The maximum atomic E-state index is 13.9.